The lowest BCUT2D eigenvalue weighted by molar-refractivity contribution is -0.152. The molecule has 146 valence electrons. The van der Waals surface area contributed by atoms with E-state index in [9.17, 15) is 10.0 Å². The van der Waals surface area contributed by atoms with Crippen LogP contribution in [0.1, 0.15) is 73.1 Å². The Morgan fingerprint density at radius 1 is 1.19 bits per heavy atom. The molecule has 0 aromatic heterocycles. The number of Topliss-reactive ketones (excluding diaryl/α,β-unsaturated/α-hetero) is 1. The Hall–Kier alpha value is -0.900. The van der Waals surface area contributed by atoms with E-state index in [1.54, 1.807) is 0 Å². The zero-order chi connectivity index (χ0) is 18.9. The average molecular weight is 361 g/mol. The Bertz CT molecular complexity index is 632. The first kappa shape index (κ1) is 18.5. The van der Waals surface area contributed by atoms with Gasteiger partial charge in [0.25, 0.3) is 0 Å². The van der Waals surface area contributed by atoms with Gasteiger partial charge in [-0.25, -0.2) is 0 Å². The minimum atomic E-state index is 0.0991. The molecule has 4 aliphatic rings. The highest BCUT2D eigenvalue weighted by atomic mass is 16.4. The highest BCUT2D eigenvalue weighted by Gasteiger charge is 2.62. The Morgan fingerprint density at radius 3 is 2.62 bits per heavy atom. The second-order valence-electron chi connectivity index (χ2n) is 10.3. The van der Waals surface area contributed by atoms with E-state index in [-0.39, 0.29) is 17.0 Å². The van der Waals surface area contributed by atoms with E-state index < -0.39 is 0 Å². The van der Waals surface area contributed by atoms with Crippen LogP contribution in [0.5, 0.6) is 0 Å². The van der Waals surface area contributed by atoms with Crippen molar-refractivity contribution in [3.63, 3.8) is 0 Å². The van der Waals surface area contributed by atoms with Gasteiger partial charge in [-0.2, -0.15) is 0 Å². The molecule has 4 nitrogen and oxygen atoms in total. The van der Waals surface area contributed by atoms with E-state index in [1.165, 1.54) is 25.7 Å². The van der Waals surface area contributed by atoms with Crippen LogP contribution < -0.4 is 0 Å². The summed E-state index contributed by atoms with van der Waals surface area (Å²) in [6.07, 6.45) is 6.78. The monoisotopic (exact) mass is 360 g/mol. The molecule has 26 heavy (non-hydrogen) atoms. The summed E-state index contributed by atoms with van der Waals surface area (Å²) in [4.78, 5) is 14.9. The number of nitrogens with zero attached hydrogens (tertiary/aromatic N) is 2. The zero-order valence-electron chi connectivity index (χ0n) is 17.2. The van der Waals surface area contributed by atoms with Crippen molar-refractivity contribution < 1.29 is 10.0 Å². The molecule has 2 aliphatic carbocycles. The van der Waals surface area contributed by atoms with Crippen molar-refractivity contribution in [2.24, 2.45) is 40.2 Å². The first-order valence-corrected chi connectivity index (χ1v) is 10.7. The maximum absolute atomic E-state index is 12.3. The van der Waals surface area contributed by atoms with Crippen LogP contribution in [0.15, 0.2) is 5.16 Å². The van der Waals surface area contributed by atoms with Gasteiger partial charge in [-0.3, -0.25) is 9.69 Å². The van der Waals surface area contributed by atoms with Crippen LogP contribution in [-0.4, -0.2) is 39.7 Å². The number of carbonyl (C=O) groups is 1. The highest BCUT2D eigenvalue weighted by molar-refractivity contribution is 5.85. The zero-order valence-corrected chi connectivity index (χ0v) is 17.2. The molecule has 0 aromatic rings. The van der Waals surface area contributed by atoms with Crippen LogP contribution in [-0.2, 0) is 4.79 Å². The van der Waals surface area contributed by atoms with Crippen molar-refractivity contribution in [3.8, 4) is 0 Å². The van der Waals surface area contributed by atoms with Crippen molar-refractivity contribution in [1.82, 2.24) is 4.90 Å². The van der Waals surface area contributed by atoms with E-state index >= 15 is 0 Å². The van der Waals surface area contributed by atoms with Crippen LogP contribution in [0.4, 0.5) is 0 Å². The third-order valence-electron chi connectivity index (χ3n) is 9.36. The van der Waals surface area contributed by atoms with Crippen LogP contribution >= 0.6 is 0 Å². The van der Waals surface area contributed by atoms with Gasteiger partial charge in [-0.15, -0.1) is 0 Å². The van der Waals surface area contributed by atoms with Gasteiger partial charge in [-0.05, 0) is 88.5 Å². The fraction of sp³-hybridized carbons (Fsp3) is 0.909. The lowest BCUT2D eigenvalue weighted by atomic mass is 9.51. The van der Waals surface area contributed by atoms with Crippen LogP contribution in [0.25, 0.3) is 0 Å². The predicted molar refractivity (Wildman–Crippen MR) is 103 cm³/mol. The SMILES string of the molecule is CC(=NO)[C@H]1C(C)C[C@H]2[C@@H]3CCN4C(C)C(=O)CC[C@]4(C)[C@H]3CC[C@]12C. The van der Waals surface area contributed by atoms with Crippen LogP contribution in [0.3, 0.4) is 0 Å². The fourth-order valence-corrected chi connectivity index (χ4v) is 8.26. The standard InChI is InChI=1S/C22H36N2O2/c1-13-12-18-16-8-11-24-15(3)19(25)7-10-22(24,5)17(16)6-9-21(18,4)20(13)14(2)23-26/h13,15-18,20,26H,6-12H2,1-5H3/t13?,15?,16-,17+,18+,20-,21+,22-/m1/s1. The summed E-state index contributed by atoms with van der Waals surface area (Å²) in [5.74, 6) is 3.64. The van der Waals surface area contributed by atoms with Gasteiger partial charge < -0.3 is 5.21 Å². The van der Waals surface area contributed by atoms with Crippen molar-refractivity contribution in [2.45, 2.75) is 84.7 Å². The maximum Gasteiger partial charge on any atom is 0.149 e. The number of hydrogen-bond acceptors (Lipinski definition) is 4. The van der Waals surface area contributed by atoms with Gasteiger partial charge in [0.15, 0.2) is 0 Å². The van der Waals surface area contributed by atoms with Gasteiger partial charge in [0.2, 0.25) is 0 Å². The number of rotatable bonds is 1. The summed E-state index contributed by atoms with van der Waals surface area (Å²) < 4.78 is 0. The average Bonchev–Trinajstić information content (AvgIpc) is 2.88. The Kier molecular flexibility index (Phi) is 4.30. The molecule has 2 aliphatic heterocycles. The van der Waals surface area contributed by atoms with E-state index in [1.807, 2.05) is 6.92 Å². The number of oxime groups is 1. The number of piperidine rings is 2. The molecule has 0 spiro atoms. The maximum atomic E-state index is 12.3. The van der Waals surface area contributed by atoms with Gasteiger partial charge in [0.1, 0.15) is 5.78 Å². The van der Waals surface area contributed by atoms with E-state index in [0.29, 0.717) is 23.5 Å². The minimum Gasteiger partial charge on any atom is -0.411 e. The third kappa shape index (κ3) is 2.30. The second kappa shape index (κ2) is 6.05. The number of carbonyl (C=O) groups excluding carboxylic acids is 1. The Morgan fingerprint density at radius 2 is 1.92 bits per heavy atom. The summed E-state index contributed by atoms with van der Waals surface area (Å²) in [5.41, 5.74) is 1.39. The molecule has 0 amide bonds. The lowest BCUT2D eigenvalue weighted by Gasteiger charge is -2.62. The number of ketones is 1. The fourth-order valence-electron chi connectivity index (χ4n) is 8.26. The highest BCUT2D eigenvalue weighted by Crippen LogP contribution is 2.65. The predicted octanol–water partition coefficient (Wildman–Crippen LogP) is 4.36. The van der Waals surface area contributed by atoms with E-state index in [2.05, 4.69) is 37.8 Å². The molecule has 4 heteroatoms. The van der Waals surface area contributed by atoms with Crippen molar-refractivity contribution in [2.75, 3.05) is 6.54 Å². The molecule has 8 atom stereocenters. The summed E-state index contributed by atoms with van der Waals surface area (Å²) in [6.45, 7) is 12.5. The minimum absolute atomic E-state index is 0.0991. The van der Waals surface area contributed by atoms with E-state index in [4.69, 9.17) is 0 Å². The first-order chi connectivity index (χ1) is 12.2. The molecule has 1 N–H and O–H groups in total. The third-order valence-corrected chi connectivity index (χ3v) is 9.36. The van der Waals surface area contributed by atoms with Gasteiger partial charge in [0, 0.05) is 17.9 Å². The number of fused-ring (bicyclic) bond motifs is 5. The Labute approximate surface area is 158 Å². The van der Waals surface area contributed by atoms with E-state index in [0.717, 1.165) is 36.9 Å². The molecule has 0 aromatic carbocycles. The van der Waals surface area contributed by atoms with Gasteiger partial charge in [-0.1, -0.05) is 19.0 Å². The normalized spacial score (nSPS) is 52.3. The summed E-state index contributed by atoms with van der Waals surface area (Å²) in [5, 5.41) is 13.1. The number of hydrogen-bond donors (Lipinski definition) is 1. The van der Waals surface area contributed by atoms with Crippen molar-refractivity contribution in [1.29, 1.82) is 0 Å². The lowest BCUT2D eigenvalue weighted by Crippen LogP contribution is -2.67. The molecule has 2 heterocycles. The first-order valence-electron chi connectivity index (χ1n) is 10.7. The summed E-state index contributed by atoms with van der Waals surface area (Å²) in [7, 11) is 0. The van der Waals surface area contributed by atoms with Gasteiger partial charge >= 0.3 is 0 Å². The molecule has 2 saturated heterocycles. The largest absolute Gasteiger partial charge is 0.411 e. The summed E-state index contributed by atoms with van der Waals surface area (Å²) >= 11 is 0. The van der Waals surface area contributed by atoms with Crippen molar-refractivity contribution >= 4 is 11.5 Å². The second-order valence-corrected chi connectivity index (χ2v) is 10.3. The molecule has 0 bridgehead atoms. The molecule has 4 rings (SSSR count). The Balaban J connectivity index is 1.66. The topological polar surface area (TPSA) is 52.9 Å². The van der Waals surface area contributed by atoms with Gasteiger partial charge in [0.05, 0.1) is 11.8 Å². The molecular weight excluding hydrogens is 324 g/mol. The smallest absolute Gasteiger partial charge is 0.149 e. The molecular formula is C22H36N2O2. The summed E-state index contributed by atoms with van der Waals surface area (Å²) in [6, 6.07) is 0.0991. The molecule has 4 fully saturated rings. The van der Waals surface area contributed by atoms with Crippen molar-refractivity contribution in [3.05, 3.63) is 0 Å². The molecule has 2 saturated carbocycles. The molecule has 2 unspecified atom stereocenters. The van der Waals surface area contributed by atoms with Crippen LogP contribution in [0, 0.1) is 35.0 Å². The molecule has 0 radical (unpaired) electrons. The quantitative estimate of drug-likeness (QED) is 0.429. The van der Waals surface area contributed by atoms with Crippen LogP contribution in [0.2, 0.25) is 0 Å².